The van der Waals surface area contributed by atoms with E-state index in [0.717, 1.165) is 35.0 Å². The average Bonchev–Trinajstić information content (AvgIpc) is 2.50. The smallest absolute Gasteiger partial charge is 0.120 e. The molecule has 21 heavy (non-hydrogen) atoms. The SMILES string of the molecule is CCN(CC)Cc1cc(Sc2ccc(O)cc2)ccc1O. The van der Waals surface area contributed by atoms with E-state index >= 15 is 0 Å². The van der Waals surface area contributed by atoms with Crippen LogP contribution in [0.1, 0.15) is 19.4 Å². The average molecular weight is 303 g/mol. The zero-order valence-corrected chi connectivity index (χ0v) is 13.2. The van der Waals surface area contributed by atoms with Crippen LogP contribution < -0.4 is 0 Å². The van der Waals surface area contributed by atoms with Crippen LogP contribution in [0.5, 0.6) is 11.5 Å². The molecule has 2 aromatic rings. The Morgan fingerprint density at radius 3 is 2.14 bits per heavy atom. The third-order valence-electron chi connectivity index (χ3n) is 3.41. The van der Waals surface area contributed by atoms with Gasteiger partial charge in [0.2, 0.25) is 0 Å². The first-order chi connectivity index (χ1) is 10.1. The van der Waals surface area contributed by atoms with Crippen LogP contribution in [0.3, 0.4) is 0 Å². The molecule has 0 aliphatic heterocycles. The van der Waals surface area contributed by atoms with Gasteiger partial charge in [0.05, 0.1) is 0 Å². The van der Waals surface area contributed by atoms with E-state index in [9.17, 15) is 10.2 Å². The van der Waals surface area contributed by atoms with E-state index < -0.39 is 0 Å². The molecule has 3 nitrogen and oxygen atoms in total. The molecule has 0 atom stereocenters. The summed E-state index contributed by atoms with van der Waals surface area (Å²) in [4.78, 5) is 4.41. The zero-order chi connectivity index (χ0) is 15.2. The molecule has 2 aromatic carbocycles. The maximum Gasteiger partial charge on any atom is 0.120 e. The molecule has 0 amide bonds. The number of phenols is 2. The predicted molar refractivity (Wildman–Crippen MR) is 87.0 cm³/mol. The molecule has 0 saturated heterocycles. The van der Waals surface area contributed by atoms with Crippen molar-refractivity contribution in [2.24, 2.45) is 0 Å². The molecule has 0 saturated carbocycles. The Morgan fingerprint density at radius 1 is 0.905 bits per heavy atom. The topological polar surface area (TPSA) is 43.7 Å². The van der Waals surface area contributed by atoms with Crippen molar-refractivity contribution in [3.8, 4) is 11.5 Å². The van der Waals surface area contributed by atoms with E-state index in [1.807, 2.05) is 24.3 Å². The van der Waals surface area contributed by atoms with Crippen molar-refractivity contribution < 1.29 is 10.2 Å². The number of nitrogens with zero attached hydrogens (tertiary/aromatic N) is 1. The summed E-state index contributed by atoms with van der Waals surface area (Å²) in [5, 5.41) is 19.3. The van der Waals surface area contributed by atoms with Gasteiger partial charge in [0, 0.05) is 21.9 Å². The van der Waals surface area contributed by atoms with Crippen LogP contribution in [0.15, 0.2) is 52.3 Å². The van der Waals surface area contributed by atoms with Gasteiger partial charge in [-0.25, -0.2) is 0 Å². The Kier molecular flexibility index (Phi) is 5.53. The maximum absolute atomic E-state index is 10.0. The van der Waals surface area contributed by atoms with E-state index in [-0.39, 0.29) is 5.75 Å². The summed E-state index contributed by atoms with van der Waals surface area (Å²) in [5.74, 6) is 0.615. The highest BCUT2D eigenvalue weighted by Crippen LogP contribution is 2.32. The molecule has 0 aromatic heterocycles. The van der Waals surface area contributed by atoms with Gasteiger partial charge in [-0.05, 0) is 55.6 Å². The summed E-state index contributed by atoms with van der Waals surface area (Å²) < 4.78 is 0. The highest BCUT2D eigenvalue weighted by molar-refractivity contribution is 7.99. The van der Waals surface area contributed by atoms with Gasteiger partial charge in [-0.1, -0.05) is 25.6 Å². The molecular formula is C17H21NO2S. The van der Waals surface area contributed by atoms with Gasteiger partial charge in [0.25, 0.3) is 0 Å². The minimum absolute atomic E-state index is 0.271. The first-order valence-corrected chi connectivity index (χ1v) is 7.95. The summed E-state index contributed by atoms with van der Waals surface area (Å²) in [6.45, 7) is 6.92. The summed E-state index contributed by atoms with van der Waals surface area (Å²) in [6, 6.07) is 12.8. The normalized spacial score (nSPS) is 11.0. The van der Waals surface area contributed by atoms with Gasteiger partial charge < -0.3 is 10.2 Å². The fourth-order valence-electron chi connectivity index (χ4n) is 2.09. The van der Waals surface area contributed by atoms with E-state index in [0.29, 0.717) is 5.75 Å². The zero-order valence-electron chi connectivity index (χ0n) is 12.4. The molecule has 112 valence electrons. The highest BCUT2D eigenvalue weighted by atomic mass is 32.2. The molecule has 2 rings (SSSR count). The van der Waals surface area contributed by atoms with Gasteiger partial charge >= 0.3 is 0 Å². The van der Waals surface area contributed by atoms with Gasteiger partial charge in [0.15, 0.2) is 0 Å². The van der Waals surface area contributed by atoms with Crippen molar-refractivity contribution >= 4 is 11.8 Å². The fraction of sp³-hybridized carbons (Fsp3) is 0.294. The first-order valence-electron chi connectivity index (χ1n) is 7.13. The molecule has 0 heterocycles. The van der Waals surface area contributed by atoms with Crippen molar-refractivity contribution in [1.29, 1.82) is 0 Å². The first kappa shape index (κ1) is 15.7. The van der Waals surface area contributed by atoms with Gasteiger partial charge in [-0.2, -0.15) is 0 Å². The fourth-order valence-corrected chi connectivity index (χ4v) is 2.97. The van der Waals surface area contributed by atoms with E-state index in [1.165, 1.54) is 0 Å². The van der Waals surface area contributed by atoms with Crippen molar-refractivity contribution in [2.75, 3.05) is 13.1 Å². The molecule has 0 spiro atoms. The number of hydrogen-bond acceptors (Lipinski definition) is 4. The molecule has 2 N–H and O–H groups in total. The molecule has 0 unspecified atom stereocenters. The van der Waals surface area contributed by atoms with Crippen LogP contribution in [0.25, 0.3) is 0 Å². The van der Waals surface area contributed by atoms with Gasteiger partial charge in [-0.3, -0.25) is 4.90 Å². The van der Waals surface area contributed by atoms with Crippen LogP contribution in [-0.2, 0) is 6.54 Å². The second kappa shape index (κ2) is 7.38. The Bertz CT molecular complexity index is 580. The van der Waals surface area contributed by atoms with Crippen molar-refractivity contribution in [2.45, 2.75) is 30.2 Å². The van der Waals surface area contributed by atoms with Crippen LogP contribution >= 0.6 is 11.8 Å². The van der Waals surface area contributed by atoms with E-state index in [4.69, 9.17) is 0 Å². The van der Waals surface area contributed by atoms with E-state index in [1.54, 1.807) is 30.0 Å². The van der Waals surface area contributed by atoms with Gasteiger partial charge in [-0.15, -0.1) is 0 Å². The number of phenolic OH excluding ortho intramolecular Hbond substituents is 2. The lowest BCUT2D eigenvalue weighted by atomic mass is 10.2. The van der Waals surface area contributed by atoms with Crippen molar-refractivity contribution in [3.63, 3.8) is 0 Å². The third kappa shape index (κ3) is 4.41. The van der Waals surface area contributed by atoms with Crippen LogP contribution in [0.2, 0.25) is 0 Å². The molecular weight excluding hydrogens is 282 g/mol. The highest BCUT2D eigenvalue weighted by Gasteiger charge is 2.08. The standard InChI is InChI=1S/C17H21NO2S/c1-3-18(4-2)12-13-11-16(9-10-17(13)20)21-15-7-5-14(19)6-8-15/h5-11,19-20H,3-4,12H2,1-2H3. The van der Waals surface area contributed by atoms with Crippen LogP contribution in [-0.4, -0.2) is 28.2 Å². The van der Waals surface area contributed by atoms with E-state index in [2.05, 4.69) is 18.7 Å². The van der Waals surface area contributed by atoms with Gasteiger partial charge in [0.1, 0.15) is 11.5 Å². The lowest BCUT2D eigenvalue weighted by Crippen LogP contribution is -2.22. The second-order valence-electron chi connectivity index (χ2n) is 4.85. The summed E-state index contributed by atoms with van der Waals surface area (Å²) in [5.41, 5.74) is 0.947. The Hall–Kier alpha value is -1.65. The minimum atomic E-state index is 0.271. The van der Waals surface area contributed by atoms with Crippen molar-refractivity contribution in [3.05, 3.63) is 48.0 Å². The molecule has 0 aliphatic rings. The van der Waals surface area contributed by atoms with Crippen LogP contribution in [0.4, 0.5) is 0 Å². The number of hydrogen-bond donors (Lipinski definition) is 2. The van der Waals surface area contributed by atoms with Crippen LogP contribution in [0, 0.1) is 0 Å². The lowest BCUT2D eigenvalue weighted by Gasteiger charge is -2.19. The molecule has 0 fully saturated rings. The minimum Gasteiger partial charge on any atom is -0.508 e. The number of benzene rings is 2. The Morgan fingerprint density at radius 2 is 1.52 bits per heavy atom. The Labute approximate surface area is 130 Å². The second-order valence-corrected chi connectivity index (χ2v) is 5.99. The summed E-state index contributed by atoms with van der Waals surface area (Å²) in [7, 11) is 0. The number of rotatable bonds is 6. The molecule has 0 radical (unpaired) electrons. The summed E-state index contributed by atoms with van der Waals surface area (Å²) >= 11 is 1.62. The predicted octanol–water partition coefficient (Wildman–Crippen LogP) is 4.09. The Balaban J connectivity index is 2.15. The lowest BCUT2D eigenvalue weighted by molar-refractivity contribution is 0.290. The monoisotopic (exact) mass is 303 g/mol. The molecule has 4 heteroatoms. The third-order valence-corrected chi connectivity index (χ3v) is 4.41. The maximum atomic E-state index is 10.0. The largest absolute Gasteiger partial charge is 0.508 e. The molecule has 0 bridgehead atoms. The van der Waals surface area contributed by atoms with Crippen molar-refractivity contribution in [1.82, 2.24) is 4.90 Å². The quantitative estimate of drug-likeness (QED) is 0.843. The number of aromatic hydroxyl groups is 2. The molecule has 0 aliphatic carbocycles. The summed E-state index contributed by atoms with van der Waals surface area (Å²) in [6.07, 6.45) is 0.